The molecule has 0 radical (unpaired) electrons. The number of hydrogen-bond donors (Lipinski definition) is 0. The molecule has 2 aliphatic rings. The van der Waals surface area contributed by atoms with Gasteiger partial charge in [0.15, 0.2) is 0 Å². The number of carbonyl (C=O) groups is 2. The van der Waals surface area contributed by atoms with Crippen LogP contribution in [-0.4, -0.2) is 45.6 Å². The third-order valence-electron chi connectivity index (χ3n) is 3.79. The highest BCUT2D eigenvalue weighted by Crippen LogP contribution is 2.38. The average molecular weight is 362 g/mol. The van der Waals surface area contributed by atoms with E-state index in [1.807, 2.05) is 24.3 Å². The van der Waals surface area contributed by atoms with Crippen LogP contribution in [0, 0.1) is 0 Å². The molecule has 124 valence electrons. The van der Waals surface area contributed by atoms with Crippen molar-refractivity contribution in [2.24, 2.45) is 0 Å². The number of benzene rings is 1. The lowest BCUT2D eigenvalue weighted by Crippen LogP contribution is -2.12. The van der Waals surface area contributed by atoms with Gasteiger partial charge in [0.2, 0.25) is 0 Å². The summed E-state index contributed by atoms with van der Waals surface area (Å²) >= 11 is 2.73. The Hall–Kier alpha value is -1.80. The maximum atomic E-state index is 11.8. The number of nitrogens with zero attached hydrogens (tertiary/aromatic N) is 2. The molecule has 1 aromatic heterocycles. The summed E-state index contributed by atoms with van der Waals surface area (Å²) in [6, 6.07) is 7.57. The van der Waals surface area contributed by atoms with Gasteiger partial charge in [0, 0.05) is 12.8 Å². The second-order valence-electron chi connectivity index (χ2n) is 5.45. The third kappa shape index (κ3) is 3.08. The summed E-state index contributed by atoms with van der Waals surface area (Å²) in [6.45, 7) is 0.879. The van der Waals surface area contributed by atoms with Gasteiger partial charge in [0.1, 0.15) is 20.6 Å². The Morgan fingerprint density at radius 2 is 1.29 bits per heavy atom. The van der Waals surface area contributed by atoms with Gasteiger partial charge >= 0.3 is 11.9 Å². The van der Waals surface area contributed by atoms with Crippen LogP contribution in [-0.2, 0) is 19.1 Å². The van der Waals surface area contributed by atoms with Crippen molar-refractivity contribution in [3.63, 3.8) is 0 Å². The first kappa shape index (κ1) is 15.7. The standard InChI is InChI=1S/C16H14N2O4S2/c19-15-11(5-7-21-15)23-13-14(24-12-6-8-22-16(12)20)18-10-4-2-1-3-9(10)17-13/h1-4,11-12H,5-8H2. The van der Waals surface area contributed by atoms with Gasteiger partial charge in [-0.1, -0.05) is 35.7 Å². The van der Waals surface area contributed by atoms with E-state index in [9.17, 15) is 9.59 Å². The van der Waals surface area contributed by atoms with Gasteiger partial charge in [-0.05, 0) is 12.1 Å². The van der Waals surface area contributed by atoms with E-state index in [1.54, 1.807) is 0 Å². The zero-order chi connectivity index (χ0) is 16.5. The van der Waals surface area contributed by atoms with Crippen LogP contribution >= 0.6 is 23.5 Å². The fraction of sp³-hybridized carbons (Fsp3) is 0.375. The molecule has 4 rings (SSSR count). The van der Waals surface area contributed by atoms with Gasteiger partial charge < -0.3 is 9.47 Å². The van der Waals surface area contributed by atoms with Crippen molar-refractivity contribution in [2.75, 3.05) is 13.2 Å². The Kier molecular flexibility index (Phi) is 4.32. The van der Waals surface area contributed by atoms with Crippen LogP contribution in [0.4, 0.5) is 0 Å². The highest BCUT2D eigenvalue weighted by atomic mass is 32.2. The summed E-state index contributed by atoms with van der Waals surface area (Å²) < 4.78 is 10.1. The minimum absolute atomic E-state index is 0.216. The van der Waals surface area contributed by atoms with E-state index in [0.717, 1.165) is 11.0 Å². The SMILES string of the molecule is O=C1OCCC1Sc1nc2ccccc2nc1SC1CCOC1=O. The lowest BCUT2D eigenvalue weighted by atomic mass is 10.3. The molecule has 0 N–H and O–H groups in total. The number of para-hydroxylation sites is 2. The molecule has 0 bridgehead atoms. The molecule has 0 aliphatic carbocycles. The van der Waals surface area contributed by atoms with Crippen molar-refractivity contribution in [2.45, 2.75) is 33.4 Å². The molecule has 2 fully saturated rings. The number of hydrogen-bond acceptors (Lipinski definition) is 8. The van der Waals surface area contributed by atoms with Gasteiger partial charge in [0.05, 0.1) is 24.2 Å². The number of ether oxygens (including phenoxy) is 2. The fourth-order valence-electron chi connectivity index (χ4n) is 2.56. The lowest BCUT2D eigenvalue weighted by molar-refractivity contribution is -0.138. The normalized spacial score (nSPS) is 23.5. The number of carbonyl (C=O) groups excluding carboxylic acids is 2. The summed E-state index contributed by atoms with van der Waals surface area (Å²) in [5, 5.41) is 0.801. The molecule has 2 saturated heterocycles. The van der Waals surface area contributed by atoms with Gasteiger partial charge in [0.25, 0.3) is 0 Å². The lowest BCUT2D eigenvalue weighted by Gasteiger charge is -2.12. The van der Waals surface area contributed by atoms with E-state index < -0.39 is 0 Å². The van der Waals surface area contributed by atoms with E-state index in [1.165, 1.54) is 23.5 Å². The van der Waals surface area contributed by atoms with E-state index in [-0.39, 0.29) is 22.4 Å². The highest BCUT2D eigenvalue weighted by Gasteiger charge is 2.32. The molecule has 1 aromatic carbocycles. The molecule has 0 spiro atoms. The summed E-state index contributed by atoms with van der Waals surface area (Å²) in [7, 11) is 0. The minimum atomic E-state index is -0.268. The van der Waals surface area contributed by atoms with E-state index in [4.69, 9.17) is 9.47 Å². The number of fused-ring (bicyclic) bond motifs is 1. The van der Waals surface area contributed by atoms with Crippen LogP contribution in [0.25, 0.3) is 11.0 Å². The first-order valence-electron chi connectivity index (χ1n) is 7.64. The van der Waals surface area contributed by atoms with Crippen molar-refractivity contribution < 1.29 is 19.1 Å². The van der Waals surface area contributed by atoms with Crippen LogP contribution in [0.1, 0.15) is 12.8 Å². The number of thioether (sulfide) groups is 2. The second kappa shape index (κ2) is 6.60. The van der Waals surface area contributed by atoms with Crippen molar-refractivity contribution in [3.8, 4) is 0 Å². The summed E-state index contributed by atoms with van der Waals surface area (Å²) in [5.41, 5.74) is 1.54. The van der Waals surface area contributed by atoms with Crippen LogP contribution in [0.3, 0.4) is 0 Å². The van der Waals surface area contributed by atoms with E-state index in [2.05, 4.69) is 9.97 Å². The van der Waals surface area contributed by atoms with Crippen LogP contribution in [0.5, 0.6) is 0 Å². The quantitative estimate of drug-likeness (QED) is 0.768. The molecule has 24 heavy (non-hydrogen) atoms. The van der Waals surface area contributed by atoms with Crippen LogP contribution < -0.4 is 0 Å². The minimum Gasteiger partial charge on any atom is -0.465 e. The monoisotopic (exact) mass is 362 g/mol. The second-order valence-corrected chi connectivity index (χ2v) is 7.83. The van der Waals surface area contributed by atoms with Gasteiger partial charge in [-0.2, -0.15) is 0 Å². The zero-order valence-electron chi connectivity index (χ0n) is 12.6. The fourth-order valence-corrected chi connectivity index (χ4v) is 4.74. The average Bonchev–Trinajstić information content (AvgIpc) is 3.17. The molecule has 2 aliphatic heterocycles. The molecule has 3 heterocycles. The van der Waals surface area contributed by atoms with E-state index in [0.29, 0.717) is 36.1 Å². The number of cyclic esters (lactones) is 2. The molecule has 2 aromatic rings. The number of esters is 2. The predicted molar refractivity (Wildman–Crippen MR) is 90.0 cm³/mol. The first-order chi connectivity index (χ1) is 11.7. The molecule has 0 amide bonds. The molecule has 2 atom stereocenters. The molecular formula is C16H14N2O4S2. The van der Waals surface area contributed by atoms with Crippen molar-refractivity contribution in [1.29, 1.82) is 0 Å². The van der Waals surface area contributed by atoms with E-state index >= 15 is 0 Å². The van der Waals surface area contributed by atoms with Gasteiger partial charge in [-0.25, -0.2) is 9.97 Å². The summed E-state index contributed by atoms with van der Waals surface area (Å²) in [6.07, 6.45) is 1.32. The summed E-state index contributed by atoms with van der Waals surface area (Å²) in [4.78, 5) is 32.9. The highest BCUT2D eigenvalue weighted by molar-refractivity contribution is 8.03. The molecule has 6 nitrogen and oxygen atoms in total. The first-order valence-corrected chi connectivity index (χ1v) is 9.40. The Morgan fingerprint density at radius 3 is 1.67 bits per heavy atom. The zero-order valence-corrected chi connectivity index (χ0v) is 14.3. The van der Waals surface area contributed by atoms with Gasteiger partial charge in [-0.3, -0.25) is 9.59 Å². The molecule has 0 saturated carbocycles. The molecule has 2 unspecified atom stereocenters. The smallest absolute Gasteiger partial charge is 0.319 e. The molecule has 8 heteroatoms. The largest absolute Gasteiger partial charge is 0.465 e. The Labute approximate surface area is 146 Å². The molecular weight excluding hydrogens is 348 g/mol. The van der Waals surface area contributed by atoms with Crippen LogP contribution in [0.15, 0.2) is 34.3 Å². The Bertz CT molecular complexity index is 747. The van der Waals surface area contributed by atoms with Crippen molar-refractivity contribution in [3.05, 3.63) is 24.3 Å². The maximum Gasteiger partial charge on any atom is 0.319 e. The van der Waals surface area contributed by atoms with Gasteiger partial charge in [-0.15, -0.1) is 0 Å². The Morgan fingerprint density at radius 1 is 0.833 bits per heavy atom. The van der Waals surface area contributed by atoms with Crippen LogP contribution in [0.2, 0.25) is 0 Å². The predicted octanol–water partition coefficient (Wildman–Crippen LogP) is 2.45. The van der Waals surface area contributed by atoms with Crippen molar-refractivity contribution in [1.82, 2.24) is 9.97 Å². The maximum absolute atomic E-state index is 11.8. The number of aromatic nitrogens is 2. The Balaban J connectivity index is 1.69. The third-order valence-corrected chi connectivity index (χ3v) is 6.36. The van der Waals surface area contributed by atoms with Crippen molar-refractivity contribution >= 4 is 46.5 Å². The topological polar surface area (TPSA) is 78.4 Å². The number of rotatable bonds is 4. The summed E-state index contributed by atoms with van der Waals surface area (Å²) in [5.74, 6) is -0.433.